The Labute approximate surface area is 103 Å². The van der Waals surface area contributed by atoms with Crippen LogP contribution in [0.3, 0.4) is 0 Å². The van der Waals surface area contributed by atoms with Gasteiger partial charge in [-0.25, -0.2) is 4.39 Å². The summed E-state index contributed by atoms with van der Waals surface area (Å²) in [6.07, 6.45) is 9.20. The SMILES string of the molecule is CNC(CCC1CCCC1)c1ccc(F)cn1. The Morgan fingerprint density at radius 1 is 1.41 bits per heavy atom. The number of hydrogen-bond acceptors (Lipinski definition) is 2. The highest BCUT2D eigenvalue weighted by Crippen LogP contribution is 2.30. The van der Waals surface area contributed by atoms with Gasteiger partial charge in [-0.2, -0.15) is 0 Å². The van der Waals surface area contributed by atoms with E-state index in [0.717, 1.165) is 18.0 Å². The molecule has 1 aliphatic rings. The summed E-state index contributed by atoms with van der Waals surface area (Å²) in [6.45, 7) is 0. The van der Waals surface area contributed by atoms with E-state index in [9.17, 15) is 4.39 Å². The first kappa shape index (κ1) is 12.5. The van der Waals surface area contributed by atoms with Crippen molar-refractivity contribution >= 4 is 0 Å². The zero-order chi connectivity index (χ0) is 12.1. The minimum Gasteiger partial charge on any atom is -0.312 e. The van der Waals surface area contributed by atoms with Gasteiger partial charge in [0, 0.05) is 6.04 Å². The van der Waals surface area contributed by atoms with Gasteiger partial charge < -0.3 is 5.32 Å². The van der Waals surface area contributed by atoms with Crippen LogP contribution < -0.4 is 5.32 Å². The first-order valence-corrected chi connectivity index (χ1v) is 6.58. The van der Waals surface area contributed by atoms with E-state index in [1.807, 2.05) is 7.05 Å². The molecule has 0 aromatic carbocycles. The summed E-state index contributed by atoms with van der Waals surface area (Å²) < 4.78 is 12.8. The lowest BCUT2D eigenvalue weighted by Gasteiger charge is -2.17. The highest BCUT2D eigenvalue weighted by Gasteiger charge is 2.18. The molecule has 0 radical (unpaired) electrons. The van der Waals surface area contributed by atoms with Crippen LogP contribution in [-0.2, 0) is 0 Å². The zero-order valence-corrected chi connectivity index (χ0v) is 10.5. The summed E-state index contributed by atoms with van der Waals surface area (Å²) in [7, 11) is 1.95. The third kappa shape index (κ3) is 3.50. The van der Waals surface area contributed by atoms with Crippen LogP contribution in [0.5, 0.6) is 0 Å². The second-order valence-corrected chi connectivity index (χ2v) is 4.97. The van der Waals surface area contributed by atoms with E-state index in [0.29, 0.717) is 0 Å². The molecule has 2 rings (SSSR count). The van der Waals surface area contributed by atoms with Gasteiger partial charge in [0.05, 0.1) is 11.9 Å². The summed E-state index contributed by atoms with van der Waals surface area (Å²) in [4.78, 5) is 4.16. The van der Waals surface area contributed by atoms with Gasteiger partial charge in [-0.05, 0) is 37.9 Å². The fraction of sp³-hybridized carbons (Fsp3) is 0.643. The van der Waals surface area contributed by atoms with Crippen LogP contribution in [-0.4, -0.2) is 12.0 Å². The molecule has 0 spiro atoms. The van der Waals surface area contributed by atoms with Gasteiger partial charge >= 0.3 is 0 Å². The van der Waals surface area contributed by atoms with Crippen molar-refractivity contribution in [1.82, 2.24) is 10.3 Å². The molecule has 17 heavy (non-hydrogen) atoms. The molecule has 94 valence electrons. The first-order valence-electron chi connectivity index (χ1n) is 6.58. The molecular weight excluding hydrogens is 215 g/mol. The van der Waals surface area contributed by atoms with Gasteiger partial charge in [-0.15, -0.1) is 0 Å². The number of rotatable bonds is 5. The quantitative estimate of drug-likeness (QED) is 0.847. The van der Waals surface area contributed by atoms with Gasteiger partial charge in [0.15, 0.2) is 0 Å². The Morgan fingerprint density at radius 3 is 2.76 bits per heavy atom. The van der Waals surface area contributed by atoms with Crippen LogP contribution in [0, 0.1) is 11.7 Å². The van der Waals surface area contributed by atoms with Gasteiger partial charge in [0.1, 0.15) is 5.82 Å². The third-order valence-electron chi connectivity index (χ3n) is 3.79. The van der Waals surface area contributed by atoms with Gasteiger partial charge in [0.25, 0.3) is 0 Å². The fourth-order valence-electron chi connectivity index (χ4n) is 2.73. The standard InChI is InChI=1S/C14H21FN2/c1-16-13(8-6-11-4-2-3-5-11)14-9-7-12(15)10-17-14/h7,9-11,13,16H,2-6,8H2,1H3. The van der Waals surface area contributed by atoms with Gasteiger partial charge in [-0.1, -0.05) is 25.7 Å². The number of pyridine rings is 1. The van der Waals surface area contributed by atoms with Gasteiger partial charge in [-0.3, -0.25) is 4.98 Å². The number of nitrogens with one attached hydrogen (secondary N) is 1. The molecule has 1 N–H and O–H groups in total. The lowest BCUT2D eigenvalue weighted by Crippen LogP contribution is -2.18. The highest BCUT2D eigenvalue weighted by molar-refractivity contribution is 5.09. The number of aromatic nitrogens is 1. The number of nitrogens with zero attached hydrogens (tertiary/aromatic N) is 1. The van der Waals surface area contributed by atoms with Crippen LogP contribution in [0.4, 0.5) is 4.39 Å². The Kier molecular flexibility index (Phi) is 4.49. The second kappa shape index (κ2) is 6.10. The maximum atomic E-state index is 12.8. The Hall–Kier alpha value is -0.960. The van der Waals surface area contributed by atoms with E-state index in [1.165, 1.54) is 44.4 Å². The molecule has 0 bridgehead atoms. The maximum absolute atomic E-state index is 12.8. The molecular formula is C14H21FN2. The molecule has 3 heteroatoms. The normalized spacial score (nSPS) is 18.5. The van der Waals surface area contributed by atoms with Crippen molar-refractivity contribution in [3.63, 3.8) is 0 Å². The maximum Gasteiger partial charge on any atom is 0.141 e. The molecule has 1 fully saturated rings. The van der Waals surface area contributed by atoms with E-state index in [-0.39, 0.29) is 11.9 Å². The predicted octanol–water partition coefficient (Wildman–Crippen LogP) is 3.45. The Balaban J connectivity index is 1.89. The summed E-state index contributed by atoms with van der Waals surface area (Å²) in [5.41, 5.74) is 0.951. The van der Waals surface area contributed by atoms with E-state index in [4.69, 9.17) is 0 Å². The Morgan fingerprint density at radius 2 is 2.18 bits per heavy atom. The van der Waals surface area contributed by atoms with E-state index in [2.05, 4.69) is 10.3 Å². The summed E-state index contributed by atoms with van der Waals surface area (Å²) in [6, 6.07) is 3.53. The smallest absolute Gasteiger partial charge is 0.141 e. The molecule has 1 aromatic rings. The van der Waals surface area contributed by atoms with Crippen molar-refractivity contribution in [1.29, 1.82) is 0 Å². The van der Waals surface area contributed by atoms with Crippen LogP contribution in [0.15, 0.2) is 18.3 Å². The van der Waals surface area contributed by atoms with Crippen LogP contribution in [0.2, 0.25) is 0 Å². The highest BCUT2D eigenvalue weighted by atomic mass is 19.1. The number of halogens is 1. The largest absolute Gasteiger partial charge is 0.312 e. The van der Waals surface area contributed by atoms with E-state index in [1.54, 1.807) is 6.07 Å². The topological polar surface area (TPSA) is 24.9 Å². The molecule has 1 aliphatic carbocycles. The van der Waals surface area contributed by atoms with Crippen molar-refractivity contribution in [3.8, 4) is 0 Å². The van der Waals surface area contributed by atoms with Gasteiger partial charge in [0.2, 0.25) is 0 Å². The zero-order valence-electron chi connectivity index (χ0n) is 10.5. The van der Waals surface area contributed by atoms with Crippen molar-refractivity contribution in [2.45, 2.75) is 44.6 Å². The Bertz CT molecular complexity index is 331. The molecule has 0 saturated heterocycles. The van der Waals surface area contributed by atoms with Crippen LogP contribution in [0.1, 0.15) is 50.3 Å². The molecule has 1 unspecified atom stereocenters. The lowest BCUT2D eigenvalue weighted by molar-refractivity contribution is 0.422. The fourth-order valence-corrected chi connectivity index (χ4v) is 2.73. The molecule has 1 atom stereocenters. The molecule has 0 aliphatic heterocycles. The summed E-state index contributed by atoms with van der Waals surface area (Å²) >= 11 is 0. The molecule has 1 saturated carbocycles. The number of hydrogen-bond donors (Lipinski definition) is 1. The molecule has 2 nitrogen and oxygen atoms in total. The average molecular weight is 236 g/mol. The summed E-state index contributed by atoms with van der Waals surface area (Å²) in [5.74, 6) is 0.630. The minimum atomic E-state index is -0.264. The van der Waals surface area contributed by atoms with Crippen molar-refractivity contribution in [2.75, 3.05) is 7.05 Å². The minimum absolute atomic E-state index is 0.260. The second-order valence-electron chi connectivity index (χ2n) is 4.97. The van der Waals surface area contributed by atoms with E-state index < -0.39 is 0 Å². The molecule has 1 aromatic heterocycles. The average Bonchev–Trinajstić information content (AvgIpc) is 2.85. The van der Waals surface area contributed by atoms with Crippen molar-refractivity contribution < 1.29 is 4.39 Å². The van der Waals surface area contributed by atoms with Crippen molar-refractivity contribution in [2.24, 2.45) is 5.92 Å². The summed E-state index contributed by atoms with van der Waals surface area (Å²) in [5, 5.41) is 3.28. The van der Waals surface area contributed by atoms with E-state index >= 15 is 0 Å². The molecule has 1 heterocycles. The van der Waals surface area contributed by atoms with Crippen molar-refractivity contribution in [3.05, 3.63) is 29.8 Å². The third-order valence-corrected chi connectivity index (χ3v) is 3.79. The molecule has 0 amide bonds. The predicted molar refractivity (Wildman–Crippen MR) is 67.2 cm³/mol. The van der Waals surface area contributed by atoms with Crippen LogP contribution in [0.25, 0.3) is 0 Å². The monoisotopic (exact) mass is 236 g/mol. The lowest BCUT2D eigenvalue weighted by atomic mass is 9.97. The van der Waals surface area contributed by atoms with Crippen LogP contribution >= 0.6 is 0 Å². The first-order chi connectivity index (χ1) is 8.29.